The Kier molecular flexibility index (Phi) is 7.99. The van der Waals surface area contributed by atoms with Gasteiger partial charge >= 0.3 is 0 Å². The molecule has 0 bridgehead atoms. The summed E-state index contributed by atoms with van der Waals surface area (Å²) in [5.74, 6) is -0.171. The zero-order valence-electron chi connectivity index (χ0n) is 11.3. The van der Waals surface area contributed by atoms with Crippen LogP contribution in [0.5, 0.6) is 0 Å². The van der Waals surface area contributed by atoms with E-state index in [1.54, 1.807) is 0 Å². The van der Waals surface area contributed by atoms with Crippen LogP contribution in [0.25, 0.3) is 0 Å². The summed E-state index contributed by atoms with van der Waals surface area (Å²) in [5, 5.41) is 12.4. The Balaban J connectivity index is 0.00000200. The molecule has 0 saturated carbocycles. The van der Waals surface area contributed by atoms with E-state index in [0.717, 1.165) is 42.6 Å². The van der Waals surface area contributed by atoms with Crippen molar-refractivity contribution in [3.63, 3.8) is 0 Å². The van der Waals surface area contributed by atoms with Gasteiger partial charge in [0, 0.05) is 48.9 Å². The van der Waals surface area contributed by atoms with Crippen molar-refractivity contribution in [3.05, 3.63) is 34.1 Å². The number of benzene rings is 1. The topological polar surface area (TPSA) is 35.5 Å². The predicted molar refractivity (Wildman–Crippen MR) is 84.9 cm³/mol. The van der Waals surface area contributed by atoms with Gasteiger partial charge in [0.2, 0.25) is 0 Å². The Morgan fingerprint density at radius 2 is 2.05 bits per heavy atom. The molecule has 1 aliphatic heterocycles. The number of piperazine rings is 1. The van der Waals surface area contributed by atoms with Crippen LogP contribution in [0.4, 0.5) is 4.39 Å². The highest BCUT2D eigenvalue weighted by molar-refractivity contribution is 9.10. The van der Waals surface area contributed by atoms with Crippen molar-refractivity contribution >= 4 is 28.3 Å². The normalized spacial score (nSPS) is 17.6. The van der Waals surface area contributed by atoms with Crippen molar-refractivity contribution < 1.29 is 9.50 Å². The Bertz CT molecular complexity index is 416. The first-order valence-corrected chi connectivity index (χ1v) is 7.52. The molecule has 114 valence electrons. The second-order valence-electron chi connectivity index (χ2n) is 4.83. The Hall–Kier alpha value is -0.200. The van der Waals surface area contributed by atoms with Crippen LogP contribution in [0.15, 0.2) is 22.7 Å². The van der Waals surface area contributed by atoms with Gasteiger partial charge in [0.05, 0.1) is 0 Å². The van der Waals surface area contributed by atoms with Gasteiger partial charge in [0.25, 0.3) is 0 Å². The van der Waals surface area contributed by atoms with E-state index in [1.807, 2.05) is 12.1 Å². The van der Waals surface area contributed by atoms with E-state index in [1.165, 1.54) is 6.07 Å². The lowest BCUT2D eigenvalue weighted by atomic mass is 9.99. The second-order valence-corrected chi connectivity index (χ2v) is 5.75. The minimum Gasteiger partial charge on any atom is -0.396 e. The number of rotatable bonds is 5. The van der Waals surface area contributed by atoms with Gasteiger partial charge in [0.1, 0.15) is 5.82 Å². The van der Waals surface area contributed by atoms with E-state index in [-0.39, 0.29) is 30.9 Å². The largest absolute Gasteiger partial charge is 0.396 e. The maximum Gasteiger partial charge on any atom is 0.129 e. The van der Waals surface area contributed by atoms with Gasteiger partial charge in [-0.25, -0.2) is 4.39 Å². The van der Waals surface area contributed by atoms with Gasteiger partial charge in [-0.15, -0.1) is 12.4 Å². The van der Waals surface area contributed by atoms with E-state index >= 15 is 0 Å². The van der Waals surface area contributed by atoms with E-state index in [4.69, 9.17) is 5.11 Å². The predicted octanol–water partition coefficient (Wildman–Crippen LogP) is 2.73. The average Bonchev–Trinajstić information content (AvgIpc) is 2.42. The molecule has 3 nitrogen and oxygen atoms in total. The Morgan fingerprint density at radius 3 is 2.65 bits per heavy atom. The number of aliphatic hydroxyl groups is 1. The molecule has 1 aliphatic rings. The molecule has 0 spiro atoms. The molecule has 1 atom stereocenters. The van der Waals surface area contributed by atoms with Crippen LogP contribution >= 0.6 is 28.3 Å². The molecule has 2 N–H and O–H groups in total. The van der Waals surface area contributed by atoms with E-state index in [9.17, 15) is 4.39 Å². The average molecular weight is 368 g/mol. The van der Waals surface area contributed by atoms with Gasteiger partial charge < -0.3 is 10.4 Å². The van der Waals surface area contributed by atoms with E-state index in [2.05, 4.69) is 26.1 Å². The molecule has 2 rings (SSSR count). The smallest absolute Gasteiger partial charge is 0.129 e. The molecule has 0 aromatic heterocycles. The minimum atomic E-state index is -0.171. The Labute approximate surface area is 134 Å². The SMILES string of the molecule is Cl.OCCC[C@@H](c1ccc(Br)cc1F)N1CCNCC1. The summed E-state index contributed by atoms with van der Waals surface area (Å²) in [4.78, 5) is 2.30. The van der Waals surface area contributed by atoms with Crippen LogP contribution in [0.1, 0.15) is 24.4 Å². The molecule has 1 heterocycles. The van der Waals surface area contributed by atoms with Crippen LogP contribution in [-0.2, 0) is 0 Å². The lowest BCUT2D eigenvalue weighted by Crippen LogP contribution is -2.45. The fourth-order valence-corrected chi connectivity index (χ4v) is 2.92. The Morgan fingerprint density at radius 1 is 1.35 bits per heavy atom. The van der Waals surface area contributed by atoms with Crippen LogP contribution in [0.2, 0.25) is 0 Å². The van der Waals surface area contributed by atoms with Crippen LogP contribution in [-0.4, -0.2) is 42.8 Å². The monoisotopic (exact) mass is 366 g/mol. The van der Waals surface area contributed by atoms with Crippen LogP contribution < -0.4 is 5.32 Å². The van der Waals surface area contributed by atoms with E-state index in [0.29, 0.717) is 6.42 Å². The van der Waals surface area contributed by atoms with Gasteiger partial charge in [-0.3, -0.25) is 4.90 Å². The standard InChI is InChI=1S/C14H20BrFN2O.ClH/c15-11-3-4-12(13(16)10-11)14(2-1-9-19)18-7-5-17-6-8-18;/h3-4,10,14,17,19H,1-2,5-9H2;1H/t14-;/m0./s1. The number of nitrogens with one attached hydrogen (secondary N) is 1. The molecule has 1 saturated heterocycles. The highest BCUT2D eigenvalue weighted by Gasteiger charge is 2.24. The molecule has 1 aromatic rings. The van der Waals surface area contributed by atoms with Crippen molar-refractivity contribution in [2.24, 2.45) is 0 Å². The molecule has 0 radical (unpaired) electrons. The molecular formula is C14H21BrClFN2O. The fraction of sp³-hybridized carbons (Fsp3) is 0.571. The lowest BCUT2D eigenvalue weighted by Gasteiger charge is -2.35. The van der Waals surface area contributed by atoms with Gasteiger partial charge in [-0.2, -0.15) is 0 Å². The molecular weight excluding hydrogens is 347 g/mol. The number of hydrogen-bond acceptors (Lipinski definition) is 3. The molecule has 0 aliphatic carbocycles. The molecule has 20 heavy (non-hydrogen) atoms. The third-order valence-electron chi connectivity index (χ3n) is 3.55. The lowest BCUT2D eigenvalue weighted by molar-refractivity contribution is 0.151. The highest BCUT2D eigenvalue weighted by Crippen LogP contribution is 2.29. The summed E-state index contributed by atoms with van der Waals surface area (Å²) in [6.07, 6.45) is 1.49. The zero-order chi connectivity index (χ0) is 13.7. The number of halogens is 3. The molecule has 0 amide bonds. The highest BCUT2D eigenvalue weighted by atomic mass is 79.9. The number of aliphatic hydroxyl groups excluding tert-OH is 1. The fourth-order valence-electron chi connectivity index (χ4n) is 2.58. The van der Waals surface area contributed by atoms with Crippen LogP contribution in [0.3, 0.4) is 0 Å². The number of hydrogen-bond donors (Lipinski definition) is 2. The first kappa shape index (κ1) is 17.9. The van der Waals surface area contributed by atoms with Crippen molar-refractivity contribution in [2.75, 3.05) is 32.8 Å². The number of nitrogens with zero attached hydrogens (tertiary/aromatic N) is 1. The quantitative estimate of drug-likeness (QED) is 0.840. The maximum absolute atomic E-state index is 14.1. The summed E-state index contributed by atoms with van der Waals surface area (Å²) in [5.41, 5.74) is 0.735. The molecule has 1 aromatic carbocycles. The zero-order valence-corrected chi connectivity index (χ0v) is 13.7. The minimum absolute atomic E-state index is 0. The summed E-state index contributed by atoms with van der Waals surface area (Å²) in [6.45, 7) is 3.87. The maximum atomic E-state index is 14.1. The summed E-state index contributed by atoms with van der Waals surface area (Å²) in [6, 6.07) is 5.31. The van der Waals surface area contributed by atoms with E-state index < -0.39 is 0 Å². The van der Waals surface area contributed by atoms with Crippen LogP contribution in [0, 0.1) is 5.82 Å². The summed E-state index contributed by atoms with van der Waals surface area (Å²) in [7, 11) is 0. The van der Waals surface area contributed by atoms with Gasteiger partial charge in [-0.1, -0.05) is 22.0 Å². The first-order valence-electron chi connectivity index (χ1n) is 6.73. The van der Waals surface area contributed by atoms with Gasteiger partial charge in [0.15, 0.2) is 0 Å². The van der Waals surface area contributed by atoms with Crippen molar-refractivity contribution in [1.82, 2.24) is 10.2 Å². The molecule has 0 unspecified atom stereocenters. The third kappa shape index (κ3) is 4.67. The third-order valence-corrected chi connectivity index (χ3v) is 4.04. The van der Waals surface area contributed by atoms with Gasteiger partial charge in [-0.05, 0) is 25.0 Å². The summed E-state index contributed by atoms with van der Waals surface area (Å²) >= 11 is 3.29. The molecule has 1 fully saturated rings. The van der Waals surface area contributed by atoms with Crippen molar-refractivity contribution in [2.45, 2.75) is 18.9 Å². The second kappa shape index (κ2) is 8.95. The van der Waals surface area contributed by atoms with Crippen molar-refractivity contribution in [1.29, 1.82) is 0 Å². The molecule has 6 heteroatoms. The first-order chi connectivity index (χ1) is 9.22. The van der Waals surface area contributed by atoms with Crippen molar-refractivity contribution in [3.8, 4) is 0 Å². The summed E-state index contributed by atoms with van der Waals surface area (Å²) < 4.78 is 14.9.